The van der Waals surface area contributed by atoms with Gasteiger partial charge in [-0.1, -0.05) is 6.92 Å². The molecule has 3 aromatic rings. The summed E-state index contributed by atoms with van der Waals surface area (Å²) in [5.74, 6) is -0.0615. The van der Waals surface area contributed by atoms with E-state index >= 15 is 0 Å². The number of carbonyl (C=O) groups is 1. The Labute approximate surface area is 177 Å². The maximum atomic E-state index is 13.0. The summed E-state index contributed by atoms with van der Waals surface area (Å²) in [6.45, 7) is 8.01. The summed E-state index contributed by atoms with van der Waals surface area (Å²) in [5, 5.41) is 3.27. The fourth-order valence-corrected chi connectivity index (χ4v) is 4.57. The van der Waals surface area contributed by atoms with Crippen molar-refractivity contribution < 1.29 is 4.79 Å². The van der Waals surface area contributed by atoms with Crippen LogP contribution < -0.4 is 11.1 Å². The molecule has 1 fully saturated rings. The first-order valence-electron chi connectivity index (χ1n) is 10.2. The van der Waals surface area contributed by atoms with E-state index < -0.39 is 11.1 Å². The first-order valence-corrected chi connectivity index (χ1v) is 11.1. The Hall–Kier alpha value is -2.78. The molecule has 1 aliphatic heterocycles. The molecule has 0 aliphatic carbocycles. The summed E-state index contributed by atoms with van der Waals surface area (Å²) in [6.07, 6.45) is 0.957. The summed E-state index contributed by atoms with van der Waals surface area (Å²) in [6, 6.07) is 5.12. The molecule has 0 bridgehead atoms. The predicted octanol–water partition coefficient (Wildman–Crippen LogP) is 1.69. The number of amides is 1. The van der Waals surface area contributed by atoms with Crippen LogP contribution in [0.1, 0.15) is 34.9 Å². The maximum absolute atomic E-state index is 13.0. The molecule has 1 N–H and O–H groups in total. The molecule has 9 heteroatoms. The van der Waals surface area contributed by atoms with Crippen molar-refractivity contribution in [2.75, 3.05) is 26.2 Å². The van der Waals surface area contributed by atoms with Crippen molar-refractivity contribution in [1.82, 2.24) is 24.3 Å². The number of nitrogens with zero attached hydrogens (tertiary/aromatic N) is 4. The minimum Gasteiger partial charge on any atom is -0.336 e. The van der Waals surface area contributed by atoms with Crippen LogP contribution in [0.5, 0.6) is 0 Å². The largest absolute Gasteiger partial charge is 0.336 e. The fourth-order valence-electron chi connectivity index (χ4n) is 3.83. The van der Waals surface area contributed by atoms with Gasteiger partial charge in [-0.25, -0.2) is 4.98 Å². The Balaban J connectivity index is 1.46. The number of nitrogens with one attached hydrogen (secondary N) is 1. The zero-order chi connectivity index (χ0) is 21.3. The van der Waals surface area contributed by atoms with E-state index in [0.29, 0.717) is 36.2 Å². The Bertz CT molecular complexity index is 1190. The van der Waals surface area contributed by atoms with Gasteiger partial charge in [0.1, 0.15) is 0 Å². The van der Waals surface area contributed by atoms with Crippen LogP contribution in [0.4, 0.5) is 0 Å². The first kappa shape index (κ1) is 20.5. The Morgan fingerprint density at radius 1 is 1.17 bits per heavy atom. The van der Waals surface area contributed by atoms with Crippen LogP contribution in [0.15, 0.2) is 33.2 Å². The number of H-pyrrole nitrogens is 1. The van der Waals surface area contributed by atoms with Crippen LogP contribution in [0.3, 0.4) is 0 Å². The van der Waals surface area contributed by atoms with Crippen LogP contribution in [0.2, 0.25) is 0 Å². The van der Waals surface area contributed by atoms with Crippen LogP contribution in [0, 0.1) is 0 Å². The lowest BCUT2D eigenvalue weighted by Crippen LogP contribution is -2.48. The third-order valence-electron chi connectivity index (χ3n) is 5.48. The highest BCUT2D eigenvalue weighted by atomic mass is 32.1. The molecule has 2 aromatic heterocycles. The lowest BCUT2D eigenvalue weighted by molar-refractivity contribution is 0.0627. The average molecular weight is 428 g/mol. The number of hydrogen-bond acceptors (Lipinski definition) is 6. The molecule has 0 unspecified atom stereocenters. The van der Waals surface area contributed by atoms with Gasteiger partial charge < -0.3 is 14.5 Å². The van der Waals surface area contributed by atoms with Gasteiger partial charge >= 0.3 is 11.1 Å². The minimum atomic E-state index is -0.671. The van der Waals surface area contributed by atoms with E-state index in [1.807, 2.05) is 11.8 Å². The molecule has 4 rings (SSSR count). The van der Waals surface area contributed by atoms with Gasteiger partial charge in [-0.3, -0.25) is 19.3 Å². The van der Waals surface area contributed by atoms with Crippen molar-refractivity contribution in [3.63, 3.8) is 0 Å². The molecule has 1 saturated heterocycles. The van der Waals surface area contributed by atoms with Crippen molar-refractivity contribution >= 4 is 28.3 Å². The van der Waals surface area contributed by atoms with Gasteiger partial charge in [0.05, 0.1) is 21.7 Å². The van der Waals surface area contributed by atoms with Crippen molar-refractivity contribution in [3.8, 4) is 0 Å². The van der Waals surface area contributed by atoms with Crippen LogP contribution in [0.25, 0.3) is 11.0 Å². The van der Waals surface area contributed by atoms with Gasteiger partial charge in [-0.2, -0.15) is 0 Å². The van der Waals surface area contributed by atoms with Crippen molar-refractivity contribution in [2.24, 2.45) is 0 Å². The number of carbonyl (C=O) groups excluding carboxylic acids is 1. The van der Waals surface area contributed by atoms with E-state index in [-0.39, 0.29) is 5.91 Å². The van der Waals surface area contributed by atoms with Crippen LogP contribution in [-0.2, 0) is 19.5 Å². The molecule has 1 amide bonds. The number of aromatic nitrogens is 3. The second kappa shape index (κ2) is 8.53. The Kier molecular flexibility index (Phi) is 5.83. The maximum Gasteiger partial charge on any atom is 0.316 e. The van der Waals surface area contributed by atoms with Gasteiger partial charge in [0.15, 0.2) is 0 Å². The van der Waals surface area contributed by atoms with Gasteiger partial charge in [-0.05, 0) is 31.5 Å². The minimum absolute atomic E-state index is 0.0615. The van der Waals surface area contributed by atoms with Gasteiger partial charge in [0, 0.05) is 50.2 Å². The van der Waals surface area contributed by atoms with Crippen LogP contribution >= 0.6 is 11.3 Å². The predicted molar refractivity (Wildman–Crippen MR) is 117 cm³/mol. The molecule has 30 heavy (non-hydrogen) atoms. The molecule has 0 radical (unpaired) electrons. The topological polar surface area (TPSA) is 91.3 Å². The summed E-state index contributed by atoms with van der Waals surface area (Å²) in [7, 11) is 0. The van der Waals surface area contributed by atoms with E-state index in [4.69, 9.17) is 0 Å². The number of rotatable bonds is 5. The van der Waals surface area contributed by atoms with Crippen molar-refractivity contribution in [2.45, 2.75) is 33.4 Å². The smallest absolute Gasteiger partial charge is 0.316 e. The molecule has 1 aliphatic rings. The molecule has 0 spiro atoms. The van der Waals surface area contributed by atoms with E-state index in [2.05, 4.69) is 27.2 Å². The standard InChI is InChI=1S/C21H25N5O3S/c1-3-18-22-15(13-30-18)12-24-7-9-25(10-8-24)20(28)14-5-6-17-16(11-14)23-19(27)21(29)26(17)4-2/h5-6,11,13H,3-4,7-10,12H2,1-2H3,(H,23,27). The van der Waals surface area contributed by atoms with Crippen molar-refractivity contribution in [1.29, 1.82) is 0 Å². The zero-order valence-corrected chi connectivity index (χ0v) is 18.0. The van der Waals surface area contributed by atoms with Crippen LogP contribution in [-0.4, -0.2) is 56.4 Å². The number of thiazole rings is 1. The van der Waals surface area contributed by atoms with Crippen molar-refractivity contribution in [3.05, 3.63) is 60.6 Å². The van der Waals surface area contributed by atoms with Gasteiger partial charge in [0.25, 0.3) is 5.91 Å². The normalized spacial score (nSPS) is 15.1. The summed E-state index contributed by atoms with van der Waals surface area (Å²) in [4.78, 5) is 48.3. The van der Waals surface area contributed by atoms with E-state index in [1.165, 1.54) is 4.57 Å². The second-order valence-electron chi connectivity index (χ2n) is 7.39. The van der Waals surface area contributed by atoms with E-state index in [9.17, 15) is 14.4 Å². The van der Waals surface area contributed by atoms with Gasteiger partial charge in [0.2, 0.25) is 0 Å². The number of benzene rings is 1. The highest BCUT2D eigenvalue weighted by molar-refractivity contribution is 7.09. The SMILES string of the molecule is CCc1nc(CN2CCN(C(=O)c3ccc4c(c3)[nH]c(=O)c(=O)n4CC)CC2)cs1. The highest BCUT2D eigenvalue weighted by Crippen LogP contribution is 2.17. The number of piperazine rings is 1. The number of aryl methyl sites for hydroxylation is 2. The number of hydrogen-bond donors (Lipinski definition) is 1. The molecular weight excluding hydrogens is 402 g/mol. The molecule has 8 nitrogen and oxygen atoms in total. The zero-order valence-electron chi connectivity index (χ0n) is 17.2. The van der Waals surface area contributed by atoms with E-state index in [0.717, 1.165) is 36.8 Å². The average Bonchev–Trinajstić information content (AvgIpc) is 3.22. The number of aromatic amines is 1. The molecule has 158 valence electrons. The quantitative estimate of drug-likeness (QED) is 0.626. The third-order valence-corrected chi connectivity index (χ3v) is 6.53. The molecule has 0 atom stereocenters. The lowest BCUT2D eigenvalue weighted by atomic mass is 10.1. The monoisotopic (exact) mass is 427 g/mol. The lowest BCUT2D eigenvalue weighted by Gasteiger charge is -2.34. The summed E-state index contributed by atoms with van der Waals surface area (Å²) < 4.78 is 1.42. The first-order chi connectivity index (χ1) is 14.5. The fraction of sp³-hybridized carbons (Fsp3) is 0.429. The molecule has 0 saturated carbocycles. The number of fused-ring (bicyclic) bond motifs is 1. The Morgan fingerprint density at radius 3 is 2.60 bits per heavy atom. The van der Waals surface area contributed by atoms with Gasteiger partial charge in [-0.15, -0.1) is 11.3 Å². The molecule has 1 aromatic carbocycles. The molecular formula is C21H25N5O3S. The Morgan fingerprint density at radius 2 is 1.93 bits per heavy atom. The molecule has 3 heterocycles. The highest BCUT2D eigenvalue weighted by Gasteiger charge is 2.23. The third kappa shape index (κ3) is 3.95. The second-order valence-corrected chi connectivity index (χ2v) is 8.33. The summed E-state index contributed by atoms with van der Waals surface area (Å²) >= 11 is 1.70. The summed E-state index contributed by atoms with van der Waals surface area (Å²) in [5.41, 5.74) is 1.48. The van der Waals surface area contributed by atoms with E-state index in [1.54, 1.807) is 29.5 Å².